The number of ether oxygens (including phenoxy) is 2. The van der Waals surface area contributed by atoms with Gasteiger partial charge in [0, 0.05) is 12.3 Å². The van der Waals surface area contributed by atoms with Crippen molar-refractivity contribution in [3.05, 3.63) is 0 Å². The van der Waals surface area contributed by atoms with E-state index in [2.05, 4.69) is 9.47 Å². The molecule has 0 amide bonds. The maximum absolute atomic E-state index is 13.7. The predicted molar refractivity (Wildman–Crippen MR) is 67.8 cm³/mol. The number of carboxylic acid groups (broad SMARTS) is 1. The van der Waals surface area contributed by atoms with E-state index in [9.17, 15) is 23.2 Å². The van der Waals surface area contributed by atoms with Gasteiger partial charge in [-0.25, -0.2) is 9.59 Å². The second-order valence-corrected chi connectivity index (χ2v) is 6.18. The fourth-order valence-corrected chi connectivity index (χ4v) is 1.56. The maximum Gasteiger partial charge on any atom is 0.379 e. The Hall–Kier alpha value is -1.73. The van der Waals surface area contributed by atoms with E-state index in [-0.39, 0.29) is 0 Å². The first-order chi connectivity index (χ1) is 9.12. The fraction of sp³-hybridized carbons (Fsp3) is 0.769. The summed E-state index contributed by atoms with van der Waals surface area (Å²) in [4.78, 5) is 33.5. The van der Waals surface area contributed by atoms with Crippen LogP contribution in [0.15, 0.2) is 0 Å². The fourth-order valence-electron chi connectivity index (χ4n) is 1.56. The molecule has 0 aliphatic rings. The van der Waals surface area contributed by atoms with Crippen LogP contribution in [-0.4, -0.2) is 40.6 Å². The van der Waals surface area contributed by atoms with Gasteiger partial charge >= 0.3 is 23.8 Å². The van der Waals surface area contributed by atoms with Gasteiger partial charge in [0.15, 0.2) is 6.10 Å². The Morgan fingerprint density at radius 1 is 1.05 bits per heavy atom. The standard InChI is InChI=1S/C13H20F2O6/c1-7(16)21-12(5,6)10(19)20-8(11(2,3)4)13(14,15)9(17)18/h8H,1-6H3,(H,17,18). The number of alkyl halides is 2. The number of hydrogen-bond donors (Lipinski definition) is 1. The predicted octanol–water partition coefficient (Wildman–Crippen LogP) is 2.01. The number of carbonyl (C=O) groups is 3. The summed E-state index contributed by atoms with van der Waals surface area (Å²) < 4.78 is 36.8. The van der Waals surface area contributed by atoms with Gasteiger partial charge in [-0.3, -0.25) is 4.79 Å². The van der Waals surface area contributed by atoms with Gasteiger partial charge in [-0.2, -0.15) is 8.78 Å². The molecule has 0 spiro atoms. The monoisotopic (exact) mass is 310 g/mol. The summed E-state index contributed by atoms with van der Waals surface area (Å²) >= 11 is 0. The van der Waals surface area contributed by atoms with Crippen LogP contribution in [0.4, 0.5) is 8.78 Å². The third kappa shape index (κ3) is 4.95. The molecule has 0 aliphatic heterocycles. The Labute approximate surface area is 121 Å². The average molecular weight is 310 g/mol. The first kappa shape index (κ1) is 19.3. The summed E-state index contributed by atoms with van der Waals surface area (Å²) in [6, 6.07) is 0. The largest absolute Gasteiger partial charge is 0.477 e. The smallest absolute Gasteiger partial charge is 0.379 e. The molecule has 0 saturated heterocycles. The minimum absolute atomic E-state index is 0.797. The molecule has 0 fully saturated rings. The highest BCUT2D eigenvalue weighted by molar-refractivity contribution is 5.83. The molecule has 8 heteroatoms. The van der Waals surface area contributed by atoms with Crippen molar-refractivity contribution in [3.8, 4) is 0 Å². The molecular formula is C13H20F2O6. The van der Waals surface area contributed by atoms with Gasteiger partial charge in [0.2, 0.25) is 5.60 Å². The molecule has 122 valence electrons. The van der Waals surface area contributed by atoms with Crippen LogP contribution in [0.1, 0.15) is 41.5 Å². The van der Waals surface area contributed by atoms with Crippen LogP contribution in [0.2, 0.25) is 0 Å². The lowest BCUT2D eigenvalue weighted by Crippen LogP contribution is -2.53. The van der Waals surface area contributed by atoms with Crippen molar-refractivity contribution in [1.29, 1.82) is 0 Å². The van der Waals surface area contributed by atoms with E-state index in [1.165, 1.54) is 20.8 Å². The quantitative estimate of drug-likeness (QED) is 0.781. The number of aliphatic carboxylic acids is 1. The maximum atomic E-state index is 13.7. The molecule has 1 N–H and O–H groups in total. The molecule has 0 saturated carbocycles. The highest BCUT2D eigenvalue weighted by atomic mass is 19.3. The van der Waals surface area contributed by atoms with Crippen LogP contribution in [-0.2, 0) is 23.9 Å². The molecule has 1 unspecified atom stereocenters. The van der Waals surface area contributed by atoms with Crippen LogP contribution >= 0.6 is 0 Å². The molecule has 0 aliphatic carbocycles. The van der Waals surface area contributed by atoms with Gasteiger partial charge in [0.1, 0.15) is 0 Å². The van der Waals surface area contributed by atoms with Crippen molar-refractivity contribution in [2.45, 2.75) is 59.2 Å². The summed E-state index contributed by atoms with van der Waals surface area (Å²) in [6.07, 6.45) is -2.22. The highest BCUT2D eigenvalue weighted by Gasteiger charge is 2.56. The summed E-state index contributed by atoms with van der Waals surface area (Å²) in [6.45, 7) is 7.29. The molecule has 6 nitrogen and oxygen atoms in total. The van der Waals surface area contributed by atoms with Crippen LogP contribution < -0.4 is 0 Å². The van der Waals surface area contributed by atoms with E-state index in [0.29, 0.717) is 0 Å². The van der Waals surface area contributed by atoms with Crippen molar-refractivity contribution in [2.24, 2.45) is 5.41 Å². The lowest BCUT2D eigenvalue weighted by atomic mass is 9.85. The van der Waals surface area contributed by atoms with Crippen molar-refractivity contribution in [3.63, 3.8) is 0 Å². The molecule has 21 heavy (non-hydrogen) atoms. The molecule has 1 atom stereocenters. The number of carboxylic acids is 1. The normalized spacial score (nSPS) is 14.3. The van der Waals surface area contributed by atoms with E-state index >= 15 is 0 Å². The molecule has 0 radical (unpaired) electrons. The zero-order valence-electron chi connectivity index (χ0n) is 12.8. The Morgan fingerprint density at radius 2 is 1.48 bits per heavy atom. The van der Waals surface area contributed by atoms with Crippen molar-refractivity contribution >= 4 is 17.9 Å². The van der Waals surface area contributed by atoms with E-state index < -0.39 is 41.0 Å². The second kappa shape index (κ2) is 5.95. The molecular weight excluding hydrogens is 290 g/mol. The minimum Gasteiger partial charge on any atom is -0.477 e. The summed E-state index contributed by atoms with van der Waals surface area (Å²) in [5.41, 5.74) is -3.15. The van der Waals surface area contributed by atoms with Gasteiger partial charge in [-0.15, -0.1) is 0 Å². The molecule has 0 rings (SSSR count). The molecule has 0 bridgehead atoms. The van der Waals surface area contributed by atoms with Gasteiger partial charge in [-0.1, -0.05) is 20.8 Å². The van der Waals surface area contributed by atoms with Crippen LogP contribution in [0.3, 0.4) is 0 Å². The topological polar surface area (TPSA) is 89.9 Å². The SMILES string of the molecule is CC(=O)OC(C)(C)C(=O)OC(C(C)(C)C)C(F)(F)C(=O)O. The van der Waals surface area contributed by atoms with Crippen LogP contribution in [0, 0.1) is 5.41 Å². The first-order valence-corrected chi connectivity index (χ1v) is 6.14. The second-order valence-electron chi connectivity index (χ2n) is 6.18. The number of rotatable bonds is 5. The van der Waals surface area contributed by atoms with E-state index in [1.807, 2.05) is 0 Å². The van der Waals surface area contributed by atoms with Crippen LogP contribution in [0.5, 0.6) is 0 Å². The van der Waals surface area contributed by atoms with Crippen LogP contribution in [0.25, 0.3) is 0 Å². The van der Waals surface area contributed by atoms with E-state index in [4.69, 9.17) is 5.11 Å². The zero-order valence-corrected chi connectivity index (χ0v) is 12.8. The average Bonchev–Trinajstić information content (AvgIpc) is 2.21. The zero-order chi connectivity index (χ0) is 17.2. The summed E-state index contributed by atoms with van der Waals surface area (Å²) in [5, 5.41) is 8.61. The summed E-state index contributed by atoms with van der Waals surface area (Å²) in [5.74, 6) is -8.73. The van der Waals surface area contributed by atoms with E-state index in [1.54, 1.807) is 0 Å². The van der Waals surface area contributed by atoms with Gasteiger partial charge in [0.05, 0.1) is 0 Å². The third-order valence-corrected chi connectivity index (χ3v) is 2.52. The van der Waals surface area contributed by atoms with Crippen molar-refractivity contribution in [1.82, 2.24) is 0 Å². The minimum atomic E-state index is -4.28. The molecule has 0 aromatic carbocycles. The molecule has 0 heterocycles. The molecule has 0 aromatic rings. The van der Waals surface area contributed by atoms with Crippen molar-refractivity contribution < 1.29 is 37.7 Å². The van der Waals surface area contributed by atoms with E-state index in [0.717, 1.165) is 20.8 Å². The van der Waals surface area contributed by atoms with Crippen molar-refractivity contribution in [2.75, 3.05) is 0 Å². The summed E-state index contributed by atoms with van der Waals surface area (Å²) in [7, 11) is 0. The number of hydrogen-bond acceptors (Lipinski definition) is 5. The Morgan fingerprint density at radius 3 is 1.76 bits per heavy atom. The Kier molecular flexibility index (Phi) is 5.46. The lowest BCUT2D eigenvalue weighted by Gasteiger charge is -2.35. The molecule has 0 aromatic heterocycles. The van der Waals surface area contributed by atoms with Gasteiger partial charge < -0.3 is 14.6 Å². The lowest BCUT2D eigenvalue weighted by molar-refractivity contribution is -0.217. The Bertz CT molecular complexity index is 436. The Balaban J connectivity index is 5.41. The number of carbonyl (C=O) groups excluding carboxylic acids is 2. The van der Waals surface area contributed by atoms with Gasteiger partial charge in [-0.05, 0) is 13.8 Å². The third-order valence-electron chi connectivity index (χ3n) is 2.52. The number of esters is 2. The van der Waals surface area contributed by atoms with Gasteiger partial charge in [0.25, 0.3) is 0 Å². The first-order valence-electron chi connectivity index (χ1n) is 6.14. The number of halogens is 2. The highest BCUT2D eigenvalue weighted by Crippen LogP contribution is 2.36.